The Morgan fingerprint density at radius 1 is 1.18 bits per heavy atom. The van der Waals surface area contributed by atoms with Gasteiger partial charge in [0.2, 0.25) is 5.95 Å². The molecular weight excluding hydrogens is 274 g/mol. The van der Waals surface area contributed by atoms with Crippen molar-refractivity contribution in [3.63, 3.8) is 0 Å². The number of pyridine rings is 1. The van der Waals surface area contributed by atoms with Crippen LogP contribution < -0.4 is 10.6 Å². The second kappa shape index (κ2) is 7.20. The van der Waals surface area contributed by atoms with Crippen LogP contribution in [-0.2, 0) is 6.54 Å². The largest absolute Gasteiger partial charge is 0.366 e. The van der Waals surface area contributed by atoms with Crippen LogP contribution in [0, 0.1) is 6.92 Å². The maximum atomic E-state index is 4.59. The van der Waals surface area contributed by atoms with Gasteiger partial charge in [-0.05, 0) is 31.4 Å². The fourth-order valence-corrected chi connectivity index (χ4v) is 2.85. The van der Waals surface area contributed by atoms with Crippen molar-refractivity contribution < 1.29 is 0 Å². The molecule has 1 aliphatic rings. The first-order valence-corrected chi connectivity index (χ1v) is 8.04. The van der Waals surface area contributed by atoms with E-state index in [9.17, 15) is 0 Å². The molecule has 0 atom stereocenters. The summed E-state index contributed by atoms with van der Waals surface area (Å²) < 4.78 is 0. The standard InChI is InChI=1S/C17H23N5/c1-13-10-16(19-12-14-6-5-9-18-11-14)22-17(20-13)21-15-7-3-2-4-8-15/h5-6,9-11,15H,2-4,7-8,12H2,1H3,(H2,19,20,21,22). The molecule has 2 heterocycles. The first-order chi connectivity index (χ1) is 10.8. The van der Waals surface area contributed by atoms with Crippen molar-refractivity contribution >= 4 is 11.8 Å². The summed E-state index contributed by atoms with van der Waals surface area (Å²) in [6.45, 7) is 2.72. The van der Waals surface area contributed by atoms with E-state index in [0.717, 1.165) is 23.0 Å². The minimum absolute atomic E-state index is 0.515. The lowest BCUT2D eigenvalue weighted by molar-refractivity contribution is 0.461. The molecule has 2 aromatic heterocycles. The monoisotopic (exact) mass is 297 g/mol. The van der Waals surface area contributed by atoms with E-state index < -0.39 is 0 Å². The highest BCUT2D eigenvalue weighted by Crippen LogP contribution is 2.21. The minimum Gasteiger partial charge on any atom is -0.366 e. The number of anilines is 2. The number of hydrogen-bond donors (Lipinski definition) is 2. The zero-order chi connectivity index (χ0) is 15.2. The summed E-state index contributed by atoms with van der Waals surface area (Å²) in [4.78, 5) is 13.2. The van der Waals surface area contributed by atoms with Crippen molar-refractivity contribution in [1.29, 1.82) is 0 Å². The molecule has 2 N–H and O–H groups in total. The zero-order valence-electron chi connectivity index (χ0n) is 13.0. The molecule has 116 valence electrons. The molecule has 0 saturated heterocycles. The third kappa shape index (κ3) is 4.16. The number of rotatable bonds is 5. The number of aromatic nitrogens is 3. The third-order valence-corrected chi connectivity index (χ3v) is 3.99. The highest BCUT2D eigenvalue weighted by atomic mass is 15.2. The minimum atomic E-state index is 0.515. The van der Waals surface area contributed by atoms with Crippen LogP contribution in [0.15, 0.2) is 30.6 Å². The zero-order valence-corrected chi connectivity index (χ0v) is 13.0. The number of nitrogens with one attached hydrogen (secondary N) is 2. The van der Waals surface area contributed by atoms with Gasteiger partial charge in [0.1, 0.15) is 5.82 Å². The summed E-state index contributed by atoms with van der Waals surface area (Å²) in [5.41, 5.74) is 2.11. The summed E-state index contributed by atoms with van der Waals surface area (Å²) in [7, 11) is 0. The van der Waals surface area contributed by atoms with Crippen molar-refractivity contribution in [2.75, 3.05) is 10.6 Å². The van der Waals surface area contributed by atoms with E-state index in [1.165, 1.54) is 32.1 Å². The molecule has 0 unspecified atom stereocenters. The van der Waals surface area contributed by atoms with E-state index in [1.54, 1.807) is 6.20 Å². The van der Waals surface area contributed by atoms with Crippen LogP contribution in [0.4, 0.5) is 11.8 Å². The number of hydrogen-bond acceptors (Lipinski definition) is 5. The molecule has 0 bridgehead atoms. The average molecular weight is 297 g/mol. The quantitative estimate of drug-likeness (QED) is 0.884. The average Bonchev–Trinajstić information content (AvgIpc) is 2.54. The third-order valence-electron chi connectivity index (χ3n) is 3.99. The summed E-state index contributed by atoms with van der Waals surface area (Å²) >= 11 is 0. The van der Waals surface area contributed by atoms with Crippen molar-refractivity contribution in [2.45, 2.75) is 51.6 Å². The molecule has 0 amide bonds. The number of aryl methyl sites for hydroxylation is 1. The second-order valence-corrected chi connectivity index (χ2v) is 5.91. The van der Waals surface area contributed by atoms with E-state index >= 15 is 0 Å². The van der Waals surface area contributed by atoms with Crippen LogP contribution in [0.3, 0.4) is 0 Å². The Morgan fingerprint density at radius 2 is 2.05 bits per heavy atom. The molecule has 22 heavy (non-hydrogen) atoms. The molecule has 1 saturated carbocycles. The van der Waals surface area contributed by atoms with Crippen molar-refractivity contribution in [3.05, 3.63) is 41.9 Å². The molecule has 1 aliphatic carbocycles. The van der Waals surface area contributed by atoms with E-state index in [2.05, 4.69) is 31.7 Å². The first kappa shape index (κ1) is 14.8. The molecule has 5 nitrogen and oxygen atoms in total. The van der Waals surface area contributed by atoms with Crippen LogP contribution in [0.5, 0.6) is 0 Å². The molecule has 1 fully saturated rings. The van der Waals surface area contributed by atoms with Crippen LogP contribution in [0.2, 0.25) is 0 Å². The van der Waals surface area contributed by atoms with E-state index in [4.69, 9.17) is 0 Å². The Kier molecular flexibility index (Phi) is 4.83. The fraction of sp³-hybridized carbons (Fsp3) is 0.471. The SMILES string of the molecule is Cc1cc(NCc2cccnc2)nc(NC2CCCCC2)n1. The number of nitrogens with zero attached hydrogens (tertiary/aromatic N) is 3. The maximum absolute atomic E-state index is 4.59. The molecule has 2 aromatic rings. The highest BCUT2D eigenvalue weighted by molar-refractivity contribution is 5.43. The van der Waals surface area contributed by atoms with Gasteiger partial charge in [0.15, 0.2) is 0 Å². The fourth-order valence-electron chi connectivity index (χ4n) is 2.85. The lowest BCUT2D eigenvalue weighted by Crippen LogP contribution is -2.23. The molecule has 0 aliphatic heterocycles. The van der Waals surface area contributed by atoms with Gasteiger partial charge in [-0.25, -0.2) is 4.98 Å². The summed E-state index contributed by atoms with van der Waals surface area (Å²) in [5, 5.41) is 6.83. The lowest BCUT2D eigenvalue weighted by Gasteiger charge is -2.23. The Labute approximate surface area is 131 Å². The molecule has 0 radical (unpaired) electrons. The molecule has 3 rings (SSSR count). The van der Waals surface area contributed by atoms with Crippen molar-refractivity contribution in [3.8, 4) is 0 Å². The molecular formula is C17H23N5. The summed E-state index contributed by atoms with van der Waals surface area (Å²) in [6.07, 6.45) is 10.0. The smallest absolute Gasteiger partial charge is 0.225 e. The lowest BCUT2D eigenvalue weighted by atomic mass is 9.96. The van der Waals surface area contributed by atoms with Crippen molar-refractivity contribution in [2.24, 2.45) is 0 Å². The summed E-state index contributed by atoms with van der Waals surface area (Å²) in [5.74, 6) is 1.59. The highest BCUT2D eigenvalue weighted by Gasteiger charge is 2.14. The van der Waals surface area contributed by atoms with Gasteiger partial charge in [-0.2, -0.15) is 4.98 Å². The normalized spacial score (nSPS) is 15.5. The van der Waals surface area contributed by atoms with E-state index in [-0.39, 0.29) is 0 Å². The van der Waals surface area contributed by atoms with Gasteiger partial charge < -0.3 is 10.6 Å². The van der Waals surface area contributed by atoms with E-state index in [1.807, 2.05) is 25.3 Å². The molecule has 0 spiro atoms. The first-order valence-electron chi connectivity index (χ1n) is 8.04. The van der Waals surface area contributed by atoms with Gasteiger partial charge in [0.25, 0.3) is 0 Å². The van der Waals surface area contributed by atoms with Gasteiger partial charge in [-0.15, -0.1) is 0 Å². The van der Waals surface area contributed by atoms with Gasteiger partial charge >= 0.3 is 0 Å². The Morgan fingerprint density at radius 3 is 2.82 bits per heavy atom. The van der Waals surface area contributed by atoms with Gasteiger partial charge in [-0.1, -0.05) is 25.3 Å². The Hall–Kier alpha value is -2.17. The maximum Gasteiger partial charge on any atom is 0.225 e. The van der Waals surface area contributed by atoms with Gasteiger partial charge in [-0.3, -0.25) is 4.98 Å². The van der Waals surface area contributed by atoms with Gasteiger partial charge in [0.05, 0.1) is 0 Å². The van der Waals surface area contributed by atoms with Crippen LogP contribution in [0.1, 0.15) is 43.4 Å². The van der Waals surface area contributed by atoms with Crippen LogP contribution in [-0.4, -0.2) is 21.0 Å². The van der Waals surface area contributed by atoms with Crippen LogP contribution in [0.25, 0.3) is 0 Å². The molecule has 5 heteroatoms. The predicted octanol–water partition coefficient (Wildman–Crippen LogP) is 3.54. The van der Waals surface area contributed by atoms with Crippen molar-refractivity contribution in [1.82, 2.24) is 15.0 Å². The Bertz CT molecular complexity index is 593. The second-order valence-electron chi connectivity index (χ2n) is 5.91. The van der Waals surface area contributed by atoms with Crippen LogP contribution >= 0.6 is 0 Å². The Balaban J connectivity index is 1.64. The topological polar surface area (TPSA) is 62.7 Å². The predicted molar refractivity (Wildman–Crippen MR) is 88.8 cm³/mol. The van der Waals surface area contributed by atoms with Gasteiger partial charge in [0, 0.05) is 36.7 Å². The van der Waals surface area contributed by atoms with E-state index in [0.29, 0.717) is 12.6 Å². The molecule has 0 aromatic carbocycles. The summed E-state index contributed by atoms with van der Waals surface area (Å²) in [6, 6.07) is 6.48.